The van der Waals surface area contributed by atoms with Crippen LogP contribution in [0.4, 0.5) is 4.79 Å². The highest BCUT2D eigenvalue weighted by molar-refractivity contribution is 5.78. The molecule has 4 heteroatoms. The van der Waals surface area contributed by atoms with Crippen molar-refractivity contribution in [3.05, 3.63) is 35.9 Å². The number of nitrogens with one attached hydrogen (secondary N) is 1. The minimum Gasteiger partial charge on any atom is -0.445 e. The van der Waals surface area contributed by atoms with Gasteiger partial charge < -0.3 is 10.1 Å². The Hall–Kier alpha value is -1.84. The third-order valence-electron chi connectivity index (χ3n) is 2.34. The third kappa shape index (κ3) is 5.48. The summed E-state index contributed by atoms with van der Waals surface area (Å²) in [6, 6.07) is 9.44. The van der Waals surface area contributed by atoms with Gasteiger partial charge in [0.05, 0.1) is 0 Å². The molecule has 0 heterocycles. The topological polar surface area (TPSA) is 55.4 Å². The van der Waals surface area contributed by atoms with Gasteiger partial charge in [-0.25, -0.2) is 4.79 Å². The lowest BCUT2D eigenvalue weighted by atomic mass is 9.99. The predicted octanol–water partition coefficient (Wildman–Crippen LogP) is 2.67. The lowest BCUT2D eigenvalue weighted by molar-refractivity contribution is -0.118. The zero-order chi connectivity index (χ0) is 13.6. The molecule has 18 heavy (non-hydrogen) atoms. The zero-order valence-electron chi connectivity index (χ0n) is 11.0. The van der Waals surface area contributed by atoms with Crippen LogP contribution in [0.3, 0.4) is 0 Å². The Morgan fingerprint density at radius 2 is 1.83 bits per heavy atom. The molecule has 0 saturated carbocycles. The number of hydrogen-bond donors (Lipinski definition) is 1. The lowest BCUT2D eigenvalue weighted by Gasteiger charge is -2.24. The molecule has 0 bridgehead atoms. The summed E-state index contributed by atoms with van der Waals surface area (Å²) in [5.41, 5.74) is 0.344. The smallest absolute Gasteiger partial charge is 0.407 e. The molecule has 0 aliphatic heterocycles. The van der Waals surface area contributed by atoms with E-state index < -0.39 is 11.6 Å². The molecule has 0 aliphatic carbocycles. The fourth-order valence-corrected chi connectivity index (χ4v) is 1.70. The molecule has 0 aliphatic rings. The van der Waals surface area contributed by atoms with E-state index in [0.717, 1.165) is 5.56 Å². The second kappa shape index (κ2) is 6.19. The van der Waals surface area contributed by atoms with Gasteiger partial charge in [-0.3, -0.25) is 4.79 Å². The first kappa shape index (κ1) is 14.2. The number of Topliss-reactive ketones (excluding diaryl/α,β-unsaturated/α-hetero) is 1. The largest absolute Gasteiger partial charge is 0.445 e. The van der Waals surface area contributed by atoms with Crippen LogP contribution in [0.1, 0.15) is 32.8 Å². The highest BCUT2D eigenvalue weighted by Gasteiger charge is 2.22. The molecule has 0 unspecified atom stereocenters. The summed E-state index contributed by atoms with van der Waals surface area (Å²) in [7, 11) is 0. The van der Waals surface area contributed by atoms with E-state index in [-0.39, 0.29) is 18.8 Å². The number of ketones is 1. The second-order valence-electron chi connectivity index (χ2n) is 4.95. The van der Waals surface area contributed by atoms with E-state index in [1.54, 1.807) is 13.8 Å². The van der Waals surface area contributed by atoms with Gasteiger partial charge in [0.1, 0.15) is 12.4 Å². The van der Waals surface area contributed by atoms with Crippen LogP contribution in [0, 0.1) is 0 Å². The van der Waals surface area contributed by atoms with Gasteiger partial charge >= 0.3 is 6.09 Å². The Bertz CT molecular complexity index is 412. The minimum absolute atomic E-state index is 0.0309. The fraction of sp³-hybridized carbons (Fsp3) is 0.429. The van der Waals surface area contributed by atoms with E-state index in [1.807, 2.05) is 30.3 Å². The number of benzene rings is 1. The molecule has 1 aromatic carbocycles. The molecule has 0 spiro atoms. The first-order valence-electron chi connectivity index (χ1n) is 5.87. The van der Waals surface area contributed by atoms with E-state index in [4.69, 9.17) is 4.74 Å². The van der Waals surface area contributed by atoms with Crippen molar-refractivity contribution in [2.75, 3.05) is 0 Å². The number of amides is 1. The van der Waals surface area contributed by atoms with E-state index in [2.05, 4.69) is 5.32 Å². The average Bonchev–Trinajstić information content (AvgIpc) is 2.25. The van der Waals surface area contributed by atoms with E-state index in [9.17, 15) is 9.59 Å². The maximum Gasteiger partial charge on any atom is 0.407 e. The van der Waals surface area contributed by atoms with Gasteiger partial charge in [-0.05, 0) is 26.3 Å². The van der Waals surface area contributed by atoms with Crippen LogP contribution in [-0.4, -0.2) is 17.4 Å². The van der Waals surface area contributed by atoms with Gasteiger partial charge in [-0.1, -0.05) is 30.3 Å². The summed E-state index contributed by atoms with van der Waals surface area (Å²) in [4.78, 5) is 22.6. The van der Waals surface area contributed by atoms with Crippen molar-refractivity contribution in [1.82, 2.24) is 5.32 Å². The number of rotatable bonds is 5. The highest BCUT2D eigenvalue weighted by atomic mass is 16.5. The zero-order valence-corrected chi connectivity index (χ0v) is 11.0. The Morgan fingerprint density at radius 3 is 2.39 bits per heavy atom. The van der Waals surface area contributed by atoms with Crippen molar-refractivity contribution < 1.29 is 14.3 Å². The third-order valence-corrected chi connectivity index (χ3v) is 2.34. The van der Waals surface area contributed by atoms with Crippen LogP contribution in [0.5, 0.6) is 0 Å². The van der Waals surface area contributed by atoms with Crippen LogP contribution in [0.25, 0.3) is 0 Å². The van der Waals surface area contributed by atoms with Gasteiger partial charge in [-0.15, -0.1) is 0 Å². The fourth-order valence-electron chi connectivity index (χ4n) is 1.70. The number of ether oxygens (including phenoxy) is 1. The summed E-state index contributed by atoms with van der Waals surface area (Å²) in [6.07, 6.45) is -0.224. The van der Waals surface area contributed by atoms with Crippen molar-refractivity contribution >= 4 is 11.9 Å². The van der Waals surface area contributed by atoms with Crippen molar-refractivity contribution in [1.29, 1.82) is 0 Å². The van der Waals surface area contributed by atoms with Crippen LogP contribution < -0.4 is 5.32 Å². The number of alkyl carbamates (subject to hydrolysis) is 1. The van der Waals surface area contributed by atoms with E-state index in [0.29, 0.717) is 0 Å². The van der Waals surface area contributed by atoms with Gasteiger partial charge in [-0.2, -0.15) is 0 Å². The number of carbonyl (C=O) groups is 2. The first-order valence-corrected chi connectivity index (χ1v) is 5.87. The maximum atomic E-state index is 11.6. The van der Waals surface area contributed by atoms with Gasteiger partial charge in [0.25, 0.3) is 0 Å². The van der Waals surface area contributed by atoms with Crippen molar-refractivity contribution in [2.24, 2.45) is 0 Å². The lowest BCUT2D eigenvalue weighted by Crippen LogP contribution is -2.44. The van der Waals surface area contributed by atoms with Crippen LogP contribution >= 0.6 is 0 Å². The van der Waals surface area contributed by atoms with Crippen LogP contribution in [0.2, 0.25) is 0 Å². The Balaban J connectivity index is 2.40. The molecule has 1 aromatic rings. The average molecular weight is 249 g/mol. The van der Waals surface area contributed by atoms with Gasteiger partial charge in [0, 0.05) is 12.0 Å². The maximum absolute atomic E-state index is 11.6. The quantitative estimate of drug-likeness (QED) is 0.872. The Kier molecular flexibility index (Phi) is 4.89. The predicted molar refractivity (Wildman–Crippen MR) is 69.1 cm³/mol. The molecule has 0 radical (unpaired) electrons. The molecule has 1 rings (SSSR count). The molecule has 98 valence electrons. The summed E-state index contributed by atoms with van der Waals surface area (Å²) >= 11 is 0. The van der Waals surface area contributed by atoms with E-state index >= 15 is 0 Å². The summed E-state index contributed by atoms with van der Waals surface area (Å²) in [5.74, 6) is 0.0309. The molecule has 0 atom stereocenters. The Labute approximate surface area is 107 Å². The molecular weight excluding hydrogens is 230 g/mol. The Morgan fingerprint density at radius 1 is 1.22 bits per heavy atom. The van der Waals surface area contributed by atoms with Crippen LogP contribution in [-0.2, 0) is 16.1 Å². The minimum atomic E-state index is -0.584. The normalized spacial score (nSPS) is 10.8. The number of carbonyl (C=O) groups excluding carboxylic acids is 2. The first-order chi connectivity index (χ1) is 8.39. The molecule has 0 aromatic heterocycles. The van der Waals surface area contributed by atoms with Crippen molar-refractivity contribution in [3.8, 4) is 0 Å². The van der Waals surface area contributed by atoms with Gasteiger partial charge in [0.2, 0.25) is 0 Å². The SMILES string of the molecule is CC(=O)CC(C)(C)NC(=O)OCc1ccccc1. The van der Waals surface area contributed by atoms with Crippen molar-refractivity contribution in [3.63, 3.8) is 0 Å². The summed E-state index contributed by atoms with van der Waals surface area (Å²) in [6.45, 7) is 5.30. The summed E-state index contributed by atoms with van der Waals surface area (Å²) < 4.78 is 5.08. The van der Waals surface area contributed by atoms with Gasteiger partial charge in [0.15, 0.2) is 0 Å². The molecule has 4 nitrogen and oxygen atoms in total. The molecule has 1 amide bonds. The monoisotopic (exact) mass is 249 g/mol. The van der Waals surface area contributed by atoms with E-state index in [1.165, 1.54) is 6.92 Å². The van der Waals surface area contributed by atoms with Crippen molar-refractivity contribution in [2.45, 2.75) is 39.3 Å². The molecule has 1 N–H and O–H groups in total. The van der Waals surface area contributed by atoms with Crippen LogP contribution in [0.15, 0.2) is 30.3 Å². The molecular formula is C14H19NO3. The standard InChI is InChI=1S/C14H19NO3/c1-11(16)9-14(2,3)15-13(17)18-10-12-7-5-4-6-8-12/h4-8H,9-10H2,1-3H3,(H,15,17). The highest BCUT2D eigenvalue weighted by Crippen LogP contribution is 2.09. The number of hydrogen-bond acceptors (Lipinski definition) is 3. The molecule has 0 fully saturated rings. The second-order valence-corrected chi connectivity index (χ2v) is 4.95. The summed E-state index contributed by atoms with van der Waals surface area (Å²) in [5, 5.41) is 2.68. The molecule has 0 saturated heterocycles.